The highest BCUT2D eigenvalue weighted by atomic mass is 16.4. The maximum atomic E-state index is 12.2. The highest BCUT2D eigenvalue weighted by Gasteiger charge is 2.30. The Kier molecular flexibility index (Phi) is 4.26. The average molecular weight is 272 g/mol. The highest BCUT2D eigenvalue weighted by molar-refractivity contribution is 5.90. The van der Waals surface area contributed by atoms with Crippen molar-refractivity contribution in [1.29, 1.82) is 0 Å². The van der Waals surface area contributed by atoms with Crippen LogP contribution in [0.5, 0.6) is 0 Å². The van der Waals surface area contributed by atoms with Crippen molar-refractivity contribution < 1.29 is 14.7 Å². The first-order valence-corrected chi connectivity index (χ1v) is 6.46. The molecule has 1 aliphatic rings. The number of amides is 2. The highest BCUT2D eigenvalue weighted by Crippen LogP contribution is 2.21. The molecule has 5 heteroatoms. The number of likely N-dealkylation sites (tertiary alicyclic amines) is 1. The van der Waals surface area contributed by atoms with Crippen LogP contribution in [0.15, 0.2) is 24.3 Å². The van der Waals surface area contributed by atoms with Crippen molar-refractivity contribution in [3.8, 4) is 12.3 Å². The van der Waals surface area contributed by atoms with Crippen LogP contribution < -0.4 is 5.32 Å². The molecule has 0 radical (unpaired) electrons. The quantitative estimate of drug-likeness (QED) is 0.828. The standard InChI is InChI=1S/C15H16N2O3/c1-2-11-5-3-6-12(9-11)16-15(20)17-8-4-7-13(17)10-14(18)19/h1,3,5-6,9,13H,4,7-8,10H2,(H,16,20)(H,18,19). The van der Waals surface area contributed by atoms with Crippen LogP contribution in [0, 0.1) is 12.3 Å². The molecule has 1 aliphatic heterocycles. The second kappa shape index (κ2) is 6.11. The Balaban J connectivity index is 2.03. The number of terminal acetylenes is 1. The van der Waals surface area contributed by atoms with Gasteiger partial charge in [0.2, 0.25) is 0 Å². The molecule has 20 heavy (non-hydrogen) atoms. The molecule has 1 fully saturated rings. The zero-order chi connectivity index (χ0) is 14.5. The number of carbonyl (C=O) groups is 2. The summed E-state index contributed by atoms with van der Waals surface area (Å²) in [6, 6.07) is 6.50. The number of carbonyl (C=O) groups excluding carboxylic acids is 1. The normalized spacial score (nSPS) is 17.6. The molecule has 5 nitrogen and oxygen atoms in total. The van der Waals surface area contributed by atoms with Gasteiger partial charge in [0, 0.05) is 23.8 Å². The molecule has 0 bridgehead atoms. The molecule has 1 atom stereocenters. The second-order valence-corrected chi connectivity index (χ2v) is 4.74. The van der Waals surface area contributed by atoms with E-state index in [2.05, 4.69) is 11.2 Å². The van der Waals surface area contributed by atoms with E-state index in [-0.39, 0.29) is 18.5 Å². The Labute approximate surface area is 117 Å². The molecule has 2 N–H and O–H groups in total. The van der Waals surface area contributed by atoms with E-state index in [4.69, 9.17) is 11.5 Å². The van der Waals surface area contributed by atoms with Crippen LogP contribution in [-0.4, -0.2) is 34.6 Å². The van der Waals surface area contributed by atoms with Crippen molar-refractivity contribution >= 4 is 17.7 Å². The number of carboxylic acid groups (broad SMARTS) is 1. The minimum atomic E-state index is -0.885. The van der Waals surface area contributed by atoms with E-state index in [9.17, 15) is 9.59 Å². The summed E-state index contributed by atoms with van der Waals surface area (Å²) in [5.41, 5.74) is 1.30. The second-order valence-electron chi connectivity index (χ2n) is 4.74. The first-order valence-electron chi connectivity index (χ1n) is 6.46. The molecule has 1 unspecified atom stereocenters. The van der Waals surface area contributed by atoms with Gasteiger partial charge in [-0.15, -0.1) is 6.42 Å². The summed E-state index contributed by atoms with van der Waals surface area (Å²) in [4.78, 5) is 24.5. The van der Waals surface area contributed by atoms with Crippen LogP contribution in [-0.2, 0) is 4.79 Å². The van der Waals surface area contributed by atoms with Gasteiger partial charge < -0.3 is 15.3 Å². The Morgan fingerprint density at radius 1 is 1.50 bits per heavy atom. The lowest BCUT2D eigenvalue weighted by Gasteiger charge is -2.23. The summed E-state index contributed by atoms with van der Waals surface area (Å²) in [6.07, 6.45) is 6.85. The largest absolute Gasteiger partial charge is 0.481 e. The van der Waals surface area contributed by atoms with Crippen LogP contribution in [0.2, 0.25) is 0 Å². The number of hydrogen-bond donors (Lipinski definition) is 2. The predicted molar refractivity (Wildman–Crippen MR) is 75.4 cm³/mol. The van der Waals surface area contributed by atoms with Crippen LogP contribution >= 0.6 is 0 Å². The zero-order valence-corrected chi connectivity index (χ0v) is 11.0. The number of benzene rings is 1. The minimum Gasteiger partial charge on any atom is -0.481 e. The van der Waals surface area contributed by atoms with Gasteiger partial charge in [0.25, 0.3) is 0 Å². The van der Waals surface area contributed by atoms with Crippen LogP contribution in [0.25, 0.3) is 0 Å². The Morgan fingerprint density at radius 2 is 2.30 bits per heavy atom. The lowest BCUT2D eigenvalue weighted by Crippen LogP contribution is -2.39. The van der Waals surface area contributed by atoms with Crippen LogP contribution in [0.1, 0.15) is 24.8 Å². The molecule has 2 amide bonds. The van der Waals surface area contributed by atoms with E-state index in [0.717, 1.165) is 12.8 Å². The number of urea groups is 1. The molecular formula is C15H16N2O3. The Bertz CT molecular complexity index is 562. The number of anilines is 1. The fourth-order valence-corrected chi connectivity index (χ4v) is 2.40. The van der Waals surface area contributed by atoms with Crippen molar-refractivity contribution in [2.45, 2.75) is 25.3 Å². The first kappa shape index (κ1) is 13.9. The molecule has 1 aromatic rings. The number of nitrogens with one attached hydrogen (secondary N) is 1. The van der Waals surface area contributed by atoms with Gasteiger partial charge in [-0.3, -0.25) is 4.79 Å². The first-order chi connectivity index (χ1) is 9.60. The predicted octanol–water partition coefficient (Wildman–Crippen LogP) is 2.14. The SMILES string of the molecule is C#Cc1cccc(NC(=O)N2CCCC2CC(=O)O)c1. The van der Waals surface area contributed by atoms with Gasteiger partial charge in [-0.25, -0.2) is 4.79 Å². The van der Waals surface area contributed by atoms with Gasteiger partial charge in [0.05, 0.1) is 6.42 Å². The van der Waals surface area contributed by atoms with Crippen LogP contribution in [0.3, 0.4) is 0 Å². The Hall–Kier alpha value is -2.48. The van der Waals surface area contributed by atoms with Gasteiger partial charge in [-0.2, -0.15) is 0 Å². The number of hydrogen-bond acceptors (Lipinski definition) is 2. The van der Waals surface area contributed by atoms with E-state index in [0.29, 0.717) is 17.8 Å². The number of carboxylic acids is 1. The van der Waals surface area contributed by atoms with Gasteiger partial charge in [-0.05, 0) is 31.0 Å². The lowest BCUT2D eigenvalue weighted by molar-refractivity contribution is -0.137. The lowest BCUT2D eigenvalue weighted by atomic mass is 10.1. The molecule has 0 aliphatic carbocycles. The van der Waals surface area contributed by atoms with E-state index >= 15 is 0 Å². The van der Waals surface area contributed by atoms with E-state index in [1.54, 1.807) is 29.2 Å². The van der Waals surface area contributed by atoms with Crippen molar-refractivity contribution in [3.63, 3.8) is 0 Å². The number of nitrogens with zero attached hydrogens (tertiary/aromatic N) is 1. The van der Waals surface area contributed by atoms with Gasteiger partial charge in [0.1, 0.15) is 0 Å². The Morgan fingerprint density at radius 3 is 3.00 bits per heavy atom. The molecule has 1 heterocycles. The summed E-state index contributed by atoms with van der Waals surface area (Å²) in [7, 11) is 0. The van der Waals surface area contributed by atoms with E-state index in [1.165, 1.54) is 0 Å². The summed E-state index contributed by atoms with van der Waals surface area (Å²) >= 11 is 0. The topological polar surface area (TPSA) is 69.6 Å². The maximum absolute atomic E-state index is 12.2. The smallest absolute Gasteiger partial charge is 0.322 e. The van der Waals surface area contributed by atoms with Gasteiger partial charge in [-0.1, -0.05) is 12.0 Å². The number of aliphatic carboxylic acids is 1. The van der Waals surface area contributed by atoms with Crippen LogP contribution in [0.4, 0.5) is 10.5 Å². The maximum Gasteiger partial charge on any atom is 0.322 e. The van der Waals surface area contributed by atoms with E-state index in [1.807, 2.05) is 0 Å². The van der Waals surface area contributed by atoms with Crippen molar-refractivity contribution in [1.82, 2.24) is 4.90 Å². The molecule has 1 saturated heterocycles. The number of rotatable bonds is 3. The van der Waals surface area contributed by atoms with Crippen molar-refractivity contribution in [2.75, 3.05) is 11.9 Å². The molecule has 0 saturated carbocycles. The van der Waals surface area contributed by atoms with E-state index < -0.39 is 5.97 Å². The zero-order valence-electron chi connectivity index (χ0n) is 11.0. The molecule has 0 spiro atoms. The third-order valence-corrected chi connectivity index (χ3v) is 3.33. The van der Waals surface area contributed by atoms with Gasteiger partial charge >= 0.3 is 12.0 Å². The summed E-state index contributed by atoms with van der Waals surface area (Å²) in [5, 5.41) is 11.6. The van der Waals surface area contributed by atoms with Gasteiger partial charge in [0.15, 0.2) is 0 Å². The average Bonchev–Trinajstić information content (AvgIpc) is 2.86. The fraction of sp³-hybridized carbons (Fsp3) is 0.333. The third kappa shape index (κ3) is 3.29. The summed E-state index contributed by atoms with van der Waals surface area (Å²) in [6.45, 7) is 0.582. The molecule has 0 aromatic heterocycles. The third-order valence-electron chi connectivity index (χ3n) is 3.33. The van der Waals surface area contributed by atoms with Crippen molar-refractivity contribution in [3.05, 3.63) is 29.8 Å². The van der Waals surface area contributed by atoms with Crippen molar-refractivity contribution in [2.24, 2.45) is 0 Å². The molecular weight excluding hydrogens is 256 g/mol. The fourth-order valence-electron chi connectivity index (χ4n) is 2.40. The molecule has 2 rings (SSSR count). The molecule has 1 aromatic carbocycles. The summed E-state index contributed by atoms with van der Waals surface area (Å²) in [5.74, 6) is 1.62. The monoisotopic (exact) mass is 272 g/mol. The molecule has 104 valence electrons. The summed E-state index contributed by atoms with van der Waals surface area (Å²) < 4.78 is 0. The minimum absolute atomic E-state index is 0.0161.